The van der Waals surface area contributed by atoms with E-state index in [0.717, 1.165) is 5.56 Å². The first kappa shape index (κ1) is 18.4. The zero-order chi connectivity index (χ0) is 18.7. The van der Waals surface area contributed by atoms with Crippen molar-refractivity contribution in [2.45, 2.75) is 18.4 Å². The number of sulfonamides is 1. The number of hydrogen-bond donors (Lipinski definition) is 1. The molecule has 0 radical (unpaired) electrons. The van der Waals surface area contributed by atoms with E-state index in [1.54, 1.807) is 44.4 Å². The standard InChI is InChI=1S/C17H16ClN3O4S/c1-11-6-7-14(9-15(11)18)26(22,23)19-10-16-20-21-17(25-16)12-4-3-5-13(8-12)24-2/h3-9,19H,10H2,1-2H3. The van der Waals surface area contributed by atoms with Gasteiger partial charge in [0.2, 0.25) is 21.8 Å². The number of halogens is 1. The molecule has 0 fully saturated rings. The lowest BCUT2D eigenvalue weighted by atomic mass is 10.2. The van der Waals surface area contributed by atoms with E-state index in [4.69, 9.17) is 20.8 Å². The summed E-state index contributed by atoms with van der Waals surface area (Å²) in [6.07, 6.45) is 0. The second kappa shape index (κ2) is 7.45. The minimum absolute atomic E-state index is 0.0700. The Morgan fingerprint density at radius 1 is 1.19 bits per heavy atom. The Labute approximate surface area is 156 Å². The number of aromatic nitrogens is 2. The molecule has 0 aliphatic rings. The summed E-state index contributed by atoms with van der Waals surface area (Å²) >= 11 is 5.99. The fourth-order valence-corrected chi connectivity index (χ4v) is 3.42. The highest BCUT2D eigenvalue weighted by Gasteiger charge is 2.17. The largest absolute Gasteiger partial charge is 0.497 e. The molecule has 0 bridgehead atoms. The van der Waals surface area contributed by atoms with Gasteiger partial charge >= 0.3 is 0 Å². The fraction of sp³-hybridized carbons (Fsp3) is 0.176. The van der Waals surface area contributed by atoms with Crippen molar-refractivity contribution < 1.29 is 17.6 Å². The molecule has 26 heavy (non-hydrogen) atoms. The molecule has 0 atom stereocenters. The SMILES string of the molecule is COc1cccc(-c2nnc(CNS(=O)(=O)c3ccc(C)c(Cl)c3)o2)c1. The summed E-state index contributed by atoms with van der Waals surface area (Å²) in [5, 5.41) is 8.18. The molecule has 136 valence electrons. The molecule has 0 amide bonds. The molecule has 7 nitrogen and oxygen atoms in total. The van der Waals surface area contributed by atoms with Gasteiger partial charge in [-0.1, -0.05) is 23.7 Å². The lowest BCUT2D eigenvalue weighted by Crippen LogP contribution is -2.23. The highest BCUT2D eigenvalue weighted by atomic mass is 35.5. The van der Waals surface area contributed by atoms with Gasteiger partial charge in [0.1, 0.15) is 5.75 Å². The molecule has 1 heterocycles. The van der Waals surface area contributed by atoms with Crippen molar-refractivity contribution in [3.05, 3.63) is 58.9 Å². The summed E-state index contributed by atoms with van der Waals surface area (Å²) in [5.74, 6) is 1.07. The van der Waals surface area contributed by atoms with Gasteiger partial charge in [-0.15, -0.1) is 10.2 Å². The predicted octanol–water partition coefficient (Wildman–Crippen LogP) is 3.19. The molecule has 1 N–H and O–H groups in total. The molecule has 2 aromatic carbocycles. The highest BCUT2D eigenvalue weighted by molar-refractivity contribution is 7.89. The Kier molecular flexibility index (Phi) is 5.26. The molecular formula is C17H16ClN3O4S. The van der Waals surface area contributed by atoms with Gasteiger partial charge in [0.05, 0.1) is 18.6 Å². The minimum Gasteiger partial charge on any atom is -0.497 e. The summed E-state index contributed by atoms with van der Waals surface area (Å²) in [7, 11) is -2.19. The third-order valence-corrected chi connectivity index (χ3v) is 5.46. The molecule has 0 saturated heterocycles. The molecule has 1 aromatic heterocycles. The maximum absolute atomic E-state index is 12.4. The number of benzene rings is 2. The molecule has 3 rings (SSSR count). The molecule has 0 saturated carbocycles. The minimum atomic E-state index is -3.75. The average molecular weight is 394 g/mol. The van der Waals surface area contributed by atoms with Gasteiger partial charge in [0.15, 0.2) is 0 Å². The molecule has 9 heteroatoms. The summed E-state index contributed by atoms with van der Waals surface area (Å²) in [6.45, 7) is 1.66. The fourth-order valence-electron chi connectivity index (χ4n) is 2.18. The van der Waals surface area contributed by atoms with E-state index in [1.165, 1.54) is 12.1 Å². The van der Waals surface area contributed by atoms with Gasteiger partial charge in [0, 0.05) is 10.6 Å². The Bertz CT molecular complexity index is 1030. The van der Waals surface area contributed by atoms with E-state index < -0.39 is 10.0 Å². The van der Waals surface area contributed by atoms with Crippen molar-refractivity contribution >= 4 is 21.6 Å². The monoisotopic (exact) mass is 393 g/mol. The number of nitrogens with zero attached hydrogens (tertiary/aromatic N) is 2. The van der Waals surface area contributed by atoms with Crippen LogP contribution in [0.1, 0.15) is 11.5 Å². The zero-order valence-corrected chi connectivity index (χ0v) is 15.6. The van der Waals surface area contributed by atoms with Crippen LogP contribution in [0, 0.1) is 6.92 Å². The smallest absolute Gasteiger partial charge is 0.247 e. The van der Waals surface area contributed by atoms with Gasteiger partial charge in [-0.25, -0.2) is 13.1 Å². The highest BCUT2D eigenvalue weighted by Crippen LogP contribution is 2.23. The van der Waals surface area contributed by atoms with Crippen molar-refractivity contribution in [1.29, 1.82) is 0 Å². The second-order valence-corrected chi connectivity index (χ2v) is 7.64. The Morgan fingerprint density at radius 2 is 2.00 bits per heavy atom. The molecular weight excluding hydrogens is 378 g/mol. The van der Waals surface area contributed by atoms with E-state index in [-0.39, 0.29) is 23.2 Å². The van der Waals surface area contributed by atoms with Gasteiger partial charge in [0.25, 0.3) is 0 Å². The van der Waals surface area contributed by atoms with Crippen LogP contribution >= 0.6 is 11.6 Å². The molecule has 0 aliphatic heterocycles. The first-order valence-electron chi connectivity index (χ1n) is 7.61. The van der Waals surface area contributed by atoms with Crippen LogP contribution in [0.25, 0.3) is 11.5 Å². The number of hydrogen-bond acceptors (Lipinski definition) is 6. The van der Waals surface area contributed by atoms with Crippen LogP contribution in [0.15, 0.2) is 51.8 Å². The van der Waals surface area contributed by atoms with Crippen LogP contribution in [-0.4, -0.2) is 25.7 Å². The first-order valence-corrected chi connectivity index (χ1v) is 9.48. The third-order valence-electron chi connectivity index (χ3n) is 3.65. The van der Waals surface area contributed by atoms with Crippen molar-refractivity contribution in [1.82, 2.24) is 14.9 Å². The van der Waals surface area contributed by atoms with E-state index in [2.05, 4.69) is 14.9 Å². The van der Waals surface area contributed by atoms with E-state index in [0.29, 0.717) is 16.3 Å². The summed E-state index contributed by atoms with van der Waals surface area (Å²) in [6, 6.07) is 11.6. The topological polar surface area (TPSA) is 94.3 Å². The number of rotatable bonds is 6. The summed E-state index contributed by atoms with van der Waals surface area (Å²) in [5.41, 5.74) is 1.47. The van der Waals surface area contributed by atoms with Crippen LogP contribution < -0.4 is 9.46 Å². The van der Waals surface area contributed by atoms with E-state index in [1.807, 2.05) is 0 Å². The number of ether oxygens (including phenoxy) is 1. The number of nitrogens with one attached hydrogen (secondary N) is 1. The van der Waals surface area contributed by atoms with E-state index >= 15 is 0 Å². The lowest BCUT2D eigenvalue weighted by Gasteiger charge is -2.06. The Hall–Kier alpha value is -2.42. The molecule has 0 spiro atoms. The Morgan fingerprint density at radius 3 is 2.73 bits per heavy atom. The van der Waals surface area contributed by atoms with Crippen LogP contribution in [0.4, 0.5) is 0 Å². The van der Waals surface area contributed by atoms with Crippen LogP contribution in [0.3, 0.4) is 0 Å². The number of aryl methyl sites for hydroxylation is 1. The maximum atomic E-state index is 12.4. The second-order valence-electron chi connectivity index (χ2n) is 5.47. The van der Waals surface area contributed by atoms with Gasteiger partial charge in [-0.2, -0.15) is 0 Å². The van der Waals surface area contributed by atoms with Crippen molar-refractivity contribution in [2.75, 3.05) is 7.11 Å². The quantitative estimate of drug-likeness (QED) is 0.691. The Balaban J connectivity index is 1.74. The lowest BCUT2D eigenvalue weighted by molar-refractivity contribution is 0.414. The normalized spacial score (nSPS) is 11.5. The molecule has 3 aromatic rings. The van der Waals surface area contributed by atoms with Gasteiger partial charge in [-0.3, -0.25) is 0 Å². The van der Waals surface area contributed by atoms with Crippen LogP contribution in [-0.2, 0) is 16.6 Å². The third kappa shape index (κ3) is 4.04. The average Bonchev–Trinajstić information content (AvgIpc) is 3.11. The van der Waals surface area contributed by atoms with Gasteiger partial charge in [-0.05, 0) is 42.8 Å². The van der Waals surface area contributed by atoms with Crippen molar-refractivity contribution in [3.63, 3.8) is 0 Å². The predicted molar refractivity (Wildman–Crippen MR) is 96.5 cm³/mol. The van der Waals surface area contributed by atoms with Crippen LogP contribution in [0.2, 0.25) is 5.02 Å². The summed E-state index contributed by atoms with van der Waals surface area (Å²) < 4.78 is 37.8. The maximum Gasteiger partial charge on any atom is 0.247 e. The van der Waals surface area contributed by atoms with Crippen molar-refractivity contribution in [3.8, 4) is 17.2 Å². The first-order chi connectivity index (χ1) is 12.4. The molecule has 0 aliphatic carbocycles. The van der Waals surface area contributed by atoms with Gasteiger partial charge < -0.3 is 9.15 Å². The van der Waals surface area contributed by atoms with E-state index in [9.17, 15) is 8.42 Å². The number of methoxy groups -OCH3 is 1. The van der Waals surface area contributed by atoms with Crippen LogP contribution in [0.5, 0.6) is 5.75 Å². The zero-order valence-electron chi connectivity index (χ0n) is 14.1. The van der Waals surface area contributed by atoms with Crippen molar-refractivity contribution in [2.24, 2.45) is 0 Å². The molecule has 0 unspecified atom stereocenters. The summed E-state index contributed by atoms with van der Waals surface area (Å²) in [4.78, 5) is 0.0700.